The number of nitrogens with zero attached hydrogens (tertiary/aromatic N) is 3. The SMILES string of the molecule is CCC1CCCCN1c1nccc(C(=O)NCC(C)C)n1. The lowest BCUT2D eigenvalue weighted by Crippen LogP contribution is -2.40. The molecule has 1 saturated heterocycles. The largest absolute Gasteiger partial charge is 0.350 e. The standard InChI is InChI=1S/C16H26N4O/c1-4-13-7-5-6-10-20(13)16-17-9-8-14(19-16)15(21)18-11-12(2)3/h8-9,12-13H,4-7,10-11H2,1-3H3,(H,18,21). The Labute approximate surface area is 127 Å². The van der Waals surface area contributed by atoms with Gasteiger partial charge in [0, 0.05) is 25.3 Å². The summed E-state index contributed by atoms with van der Waals surface area (Å²) in [5.74, 6) is 1.01. The second-order valence-corrected chi connectivity index (χ2v) is 6.10. The minimum atomic E-state index is -0.114. The molecule has 0 radical (unpaired) electrons. The Morgan fingerprint density at radius 2 is 2.29 bits per heavy atom. The van der Waals surface area contributed by atoms with Gasteiger partial charge in [-0.3, -0.25) is 4.79 Å². The highest BCUT2D eigenvalue weighted by atomic mass is 16.1. The van der Waals surface area contributed by atoms with Gasteiger partial charge in [-0.15, -0.1) is 0 Å². The van der Waals surface area contributed by atoms with Crippen molar-refractivity contribution in [2.24, 2.45) is 5.92 Å². The number of aromatic nitrogens is 2. The molecular formula is C16H26N4O. The normalized spacial score (nSPS) is 18.9. The van der Waals surface area contributed by atoms with Crippen LogP contribution in [-0.4, -0.2) is 35.0 Å². The van der Waals surface area contributed by atoms with E-state index in [4.69, 9.17) is 0 Å². The summed E-state index contributed by atoms with van der Waals surface area (Å²) in [6.07, 6.45) is 6.40. The molecule has 2 heterocycles. The van der Waals surface area contributed by atoms with Gasteiger partial charge in [0.15, 0.2) is 0 Å². The van der Waals surface area contributed by atoms with E-state index in [0.29, 0.717) is 30.1 Å². The minimum absolute atomic E-state index is 0.114. The van der Waals surface area contributed by atoms with E-state index in [9.17, 15) is 4.79 Å². The van der Waals surface area contributed by atoms with Crippen LogP contribution in [0.15, 0.2) is 12.3 Å². The fourth-order valence-electron chi connectivity index (χ4n) is 2.69. The third-order valence-corrected chi connectivity index (χ3v) is 3.90. The second kappa shape index (κ2) is 7.38. The van der Waals surface area contributed by atoms with Crippen LogP contribution in [-0.2, 0) is 0 Å². The van der Waals surface area contributed by atoms with E-state index in [1.807, 2.05) is 0 Å². The van der Waals surface area contributed by atoms with Gasteiger partial charge in [0.25, 0.3) is 5.91 Å². The van der Waals surface area contributed by atoms with Crippen LogP contribution in [0.25, 0.3) is 0 Å². The van der Waals surface area contributed by atoms with Crippen molar-refractivity contribution in [1.82, 2.24) is 15.3 Å². The number of nitrogens with one attached hydrogen (secondary N) is 1. The third-order valence-electron chi connectivity index (χ3n) is 3.90. The predicted molar refractivity (Wildman–Crippen MR) is 84.5 cm³/mol. The summed E-state index contributed by atoms with van der Waals surface area (Å²) in [4.78, 5) is 23.2. The van der Waals surface area contributed by atoms with Crippen LogP contribution >= 0.6 is 0 Å². The molecule has 1 unspecified atom stereocenters. The summed E-state index contributed by atoms with van der Waals surface area (Å²) in [6.45, 7) is 7.99. The zero-order valence-corrected chi connectivity index (χ0v) is 13.3. The summed E-state index contributed by atoms with van der Waals surface area (Å²) in [6, 6.07) is 2.18. The van der Waals surface area contributed by atoms with Crippen molar-refractivity contribution in [2.75, 3.05) is 18.0 Å². The topological polar surface area (TPSA) is 58.1 Å². The van der Waals surface area contributed by atoms with Gasteiger partial charge >= 0.3 is 0 Å². The highest BCUT2D eigenvalue weighted by Crippen LogP contribution is 2.23. The zero-order valence-electron chi connectivity index (χ0n) is 13.3. The summed E-state index contributed by atoms with van der Waals surface area (Å²) >= 11 is 0. The maximum atomic E-state index is 12.1. The lowest BCUT2D eigenvalue weighted by atomic mass is 10.0. The summed E-state index contributed by atoms with van der Waals surface area (Å²) in [5, 5.41) is 2.91. The predicted octanol–water partition coefficient (Wildman–Crippen LogP) is 2.63. The number of hydrogen-bond donors (Lipinski definition) is 1. The molecular weight excluding hydrogens is 264 g/mol. The van der Waals surface area contributed by atoms with E-state index in [1.54, 1.807) is 12.3 Å². The first-order valence-electron chi connectivity index (χ1n) is 7.99. The molecule has 1 fully saturated rings. The monoisotopic (exact) mass is 290 g/mol. The maximum absolute atomic E-state index is 12.1. The quantitative estimate of drug-likeness (QED) is 0.905. The molecule has 1 N–H and O–H groups in total. The van der Waals surface area contributed by atoms with Crippen molar-refractivity contribution < 1.29 is 4.79 Å². The first kappa shape index (κ1) is 15.7. The molecule has 1 aromatic rings. The fourth-order valence-corrected chi connectivity index (χ4v) is 2.69. The Morgan fingerprint density at radius 3 is 3.00 bits per heavy atom. The van der Waals surface area contributed by atoms with Crippen LogP contribution in [0.2, 0.25) is 0 Å². The third kappa shape index (κ3) is 4.16. The van der Waals surface area contributed by atoms with Crippen molar-refractivity contribution >= 4 is 11.9 Å². The molecule has 21 heavy (non-hydrogen) atoms. The lowest BCUT2D eigenvalue weighted by molar-refractivity contribution is 0.0944. The van der Waals surface area contributed by atoms with Gasteiger partial charge in [0.1, 0.15) is 5.69 Å². The Balaban J connectivity index is 2.11. The van der Waals surface area contributed by atoms with Crippen molar-refractivity contribution in [2.45, 2.75) is 52.5 Å². The van der Waals surface area contributed by atoms with E-state index in [-0.39, 0.29) is 5.91 Å². The van der Waals surface area contributed by atoms with Gasteiger partial charge in [-0.05, 0) is 37.7 Å². The molecule has 1 aromatic heterocycles. The van der Waals surface area contributed by atoms with Crippen LogP contribution in [0.5, 0.6) is 0 Å². The van der Waals surface area contributed by atoms with E-state index in [1.165, 1.54) is 19.3 Å². The van der Waals surface area contributed by atoms with E-state index in [2.05, 4.69) is 41.0 Å². The van der Waals surface area contributed by atoms with Crippen LogP contribution in [0, 0.1) is 5.92 Å². The van der Waals surface area contributed by atoms with Crippen molar-refractivity contribution in [3.8, 4) is 0 Å². The van der Waals surface area contributed by atoms with Crippen LogP contribution in [0.1, 0.15) is 56.9 Å². The number of piperidine rings is 1. The Kier molecular flexibility index (Phi) is 5.53. The van der Waals surface area contributed by atoms with Crippen LogP contribution < -0.4 is 10.2 Å². The van der Waals surface area contributed by atoms with Crippen LogP contribution in [0.4, 0.5) is 5.95 Å². The number of anilines is 1. The van der Waals surface area contributed by atoms with E-state index >= 15 is 0 Å². The summed E-state index contributed by atoms with van der Waals surface area (Å²) in [7, 11) is 0. The van der Waals surface area contributed by atoms with Crippen molar-refractivity contribution in [1.29, 1.82) is 0 Å². The second-order valence-electron chi connectivity index (χ2n) is 6.10. The molecule has 1 aliphatic rings. The van der Waals surface area contributed by atoms with Crippen LogP contribution in [0.3, 0.4) is 0 Å². The molecule has 1 aliphatic heterocycles. The average Bonchev–Trinajstić information content (AvgIpc) is 2.52. The summed E-state index contributed by atoms with van der Waals surface area (Å²) < 4.78 is 0. The number of hydrogen-bond acceptors (Lipinski definition) is 4. The van der Waals surface area contributed by atoms with Crippen molar-refractivity contribution in [3.63, 3.8) is 0 Å². The molecule has 0 saturated carbocycles. The molecule has 5 nitrogen and oxygen atoms in total. The first-order chi connectivity index (χ1) is 10.1. The molecule has 0 spiro atoms. The Bertz CT molecular complexity index is 475. The van der Waals surface area contributed by atoms with Gasteiger partial charge in [-0.1, -0.05) is 20.8 Å². The van der Waals surface area contributed by atoms with E-state index < -0.39 is 0 Å². The van der Waals surface area contributed by atoms with E-state index in [0.717, 1.165) is 13.0 Å². The molecule has 1 amide bonds. The lowest BCUT2D eigenvalue weighted by Gasteiger charge is -2.35. The molecule has 0 aliphatic carbocycles. The molecule has 5 heteroatoms. The van der Waals surface area contributed by atoms with Gasteiger partial charge in [0.2, 0.25) is 5.95 Å². The van der Waals surface area contributed by atoms with Gasteiger partial charge in [0.05, 0.1) is 0 Å². The van der Waals surface area contributed by atoms with Gasteiger partial charge in [-0.25, -0.2) is 9.97 Å². The number of amides is 1. The number of rotatable bonds is 5. The molecule has 116 valence electrons. The molecule has 2 rings (SSSR count). The Hall–Kier alpha value is -1.65. The first-order valence-corrected chi connectivity index (χ1v) is 7.99. The van der Waals surface area contributed by atoms with Gasteiger partial charge < -0.3 is 10.2 Å². The number of carbonyl (C=O) groups is 1. The fraction of sp³-hybridized carbons (Fsp3) is 0.688. The van der Waals surface area contributed by atoms with Gasteiger partial charge in [-0.2, -0.15) is 0 Å². The number of carbonyl (C=O) groups excluding carboxylic acids is 1. The molecule has 0 bridgehead atoms. The molecule has 0 aromatic carbocycles. The minimum Gasteiger partial charge on any atom is -0.350 e. The summed E-state index contributed by atoms with van der Waals surface area (Å²) in [5.41, 5.74) is 0.459. The average molecular weight is 290 g/mol. The maximum Gasteiger partial charge on any atom is 0.270 e. The zero-order chi connectivity index (χ0) is 15.2. The molecule has 1 atom stereocenters. The Morgan fingerprint density at radius 1 is 1.48 bits per heavy atom. The smallest absolute Gasteiger partial charge is 0.270 e. The van der Waals surface area contributed by atoms with Crippen molar-refractivity contribution in [3.05, 3.63) is 18.0 Å². The highest BCUT2D eigenvalue weighted by molar-refractivity contribution is 5.92. The highest BCUT2D eigenvalue weighted by Gasteiger charge is 2.23.